The van der Waals surface area contributed by atoms with Crippen molar-refractivity contribution in [3.8, 4) is 0 Å². The summed E-state index contributed by atoms with van der Waals surface area (Å²) in [6, 6.07) is 0. The fraction of sp³-hybridized carbons (Fsp3) is 0.615. The fourth-order valence-electron chi connectivity index (χ4n) is 1.60. The lowest BCUT2D eigenvalue weighted by Gasteiger charge is -2.14. The molecule has 0 unspecified atom stereocenters. The first-order valence-corrected chi connectivity index (χ1v) is 6.40. The van der Waals surface area contributed by atoms with E-state index in [0.717, 1.165) is 26.2 Å². The van der Waals surface area contributed by atoms with Gasteiger partial charge in [0.15, 0.2) is 0 Å². The number of hydrogen-bond acceptors (Lipinski definition) is 3. The highest BCUT2D eigenvalue weighted by Gasteiger charge is 2.03. The maximum absolute atomic E-state index is 11.6. The number of hydrogen-bond donors (Lipinski definition) is 0. The molecule has 0 saturated carbocycles. The summed E-state index contributed by atoms with van der Waals surface area (Å²) >= 11 is 0. The highest BCUT2D eigenvalue weighted by Crippen LogP contribution is 2.00. The quantitative estimate of drug-likeness (QED) is 0.780. The molecule has 0 spiro atoms. The van der Waals surface area contributed by atoms with Crippen molar-refractivity contribution in [1.29, 1.82) is 0 Å². The van der Waals surface area contributed by atoms with Gasteiger partial charge in [-0.05, 0) is 19.8 Å². The van der Waals surface area contributed by atoms with Crippen LogP contribution in [0.1, 0.15) is 19.8 Å². The molecule has 2 heterocycles. The Labute approximate surface area is 121 Å². The Morgan fingerprint density at radius 2 is 2.05 bits per heavy atom. The molecule has 0 N–H and O–H groups in total. The van der Waals surface area contributed by atoms with Crippen LogP contribution >= 0.6 is 12.4 Å². The standard InChI is InChI=1S/C7H11FN2.C6H12N2.ClH/c8-3-1-2-5-10-6-4-9-7-10;1-3-8-5-4-7(2)6-8;/h4,6-7H,1-3,5H2;4-5H,3,6H2,1-2H3;1H. The molecule has 0 atom stereocenters. The summed E-state index contributed by atoms with van der Waals surface area (Å²) in [7, 11) is 2.08. The van der Waals surface area contributed by atoms with E-state index in [4.69, 9.17) is 0 Å². The van der Waals surface area contributed by atoms with Crippen molar-refractivity contribution in [3.63, 3.8) is 0 Å². The highest BCUT2D eigenvalue weighted by molar-refractivity contribution is 5.85. The summed E-state index contributed by atoms with van der Waals surface area (Å²) in [5, 5.41) is 0. The number of rotatable bonds is 5. The maximum Gasteiger partial charge on any atom is 0.0945 e. The third kappa shape index (κ3) is 7.72. The van der Waals surface area contributed by atoms with Crippen molar-refractivity contribution in [2.45, 2.75) is 26.3 Å². The van der Waals surface area contributed by atoms with Gasteiger partial charge in [-0.1, -0.05) is 0 Å². The summed E-state index contributed by atoms with van der Waals surface area (Å²) in [6.45, 7) is 4.99. The Hall–Kier alpha value is -1.23. The van der Waals surface area contributed by atoms with E-state index in [2.05, 4.69) is 41.2 Å². The van der Waals surface area contributed by atoms with Crippen molar-refractivity contribution in [2.24, 2.45) is 0 Å². The minimum atomic E-state index is -0.214. The highest BCUT2D eigenvalue weighted by atomic mass is 35.5. The Morgan fingerprint density at radius 1 is 1.26 bits per heavy atom. The van der Waals surface area contributed by atoms with Crippen LogP contribution < -0.4 is 0 Å². The molecule has 0 aromatic carbocycles. The zero-order valence-corrected chi connectivity index (χ0v) is 12.5. The molecule has 1 aliphatic rings. The van der Waals surface area contributed by atoms with Crippen LogP contribution in [0.15, 0.2) is 31.1 Å². The first kappa shape index (κ1) is 17.8. The van der Waals surface area contributed by atoms with Crippen LogP contribution in [0.5, 0.6) is 0 Å². The number of unbranched alkanes of at least 4 members (excludes halogenated alkanes) is 1. The number of aryl methyl sites for hydroxylation is 1. The summed E-state index contributed by atoms with van der Waals surface area (Å²) in [5.74, 6) is 0. The second-order valence-electron chi connectivity index (χ2n) is 4.30. The molecule has 0 radical (unpaired) electrons. The zero-order valence-electron chi connectivity index (χ0n) is 11.7. The van der Waals surface area contributed by atoms with Crippen molar-refractivity contribution in [3.05, 3.63) is 31.1 Å². The Morgan fingerprint density at radius 3 is 2.47 bits per heavy atom. The lowest BCUT2D eigenvalue weighted by molar-refractivity contribution is 0.308. The Kier molecular flexibility index (Phi) is 9.98. The van der Waals surface area contributed by atoms with E-state index in [9.17, 15) is 4.39 Å². The van der Waals surface area contributed by atoms with Gasteiger partial charge >= 0.3 is 0 Å². The third-order valence-electron chi connectivity index (χ3n) is 2.70. The topological polar surface area (TPSA) is 24.3 Å². The maximum atomic E-state index is 11.6. The van der Waals surface area contributed by atoms with E-state index in [-0.39, 0.29) is 19.1 Å². The van der Waals surface area contributed by atoms with Gasteiger partial charge in [0.25, 0.3) is 0 Å². The molecule has 0 bridgehead atoms. The molecule has 1 aromatic heterocycles. The predicted molar refractivity (Wildman–Crippen MR) is 78.8 cm³/mol. The van der Waals surface area contributed by atoms with Crippen LogP contribution in [0.25, 0.3) is 0 Å². The van der Waals surface area contributed by atoms with Gasteiger partial charge in [-0.25, -0.2) is 4.98 Å². The molecule has 0 amide bonds. The lowest BCUT2D eigenvalue weighted by Crippen LogP contribution is -2.21. The van der Waals surface area contributed by atoms with Gasteiger partial charge in [-0.15, -0.1) is 12.4 Å². The molecular weight excluding hydrogens is 267 g/mol. The van der Waals surface area contributed by atoms with Crippen LogP contribution in [0, 0.1) is 0 Å². The van der Waals surface area contributed by atoms with Crippen LogP contribution in [-0.4, -0.2) is 46.3 Å². The molecule has 19 heavy (non-hydrogen) atoms. The van der Waals surface area contributed by atoms with Gasteiger partial charge in [0.1, 0.15) is 0 Å². The monoisotopic (exact) mass is 290 g/mol. The summed E-state index contributed by atoms with van der Waals surface area (Å²) in [5.41, 5.74) is 0. The average molecular weight is 291 g/mol. The Balaban J connectivity index is 0.000000331. The summed E-state index contributed by atoms with van der Waals surface area (Å²) in [6.07, 6.45) is 11.1. The summed E-state index contributed by atoms with van der Waals surface area (Å²) < 4.78 is 13.6. The van der Waals surface area contributed by atoms with Crippen LogP contribution in [0.3, 0.4) is 0 Å². The van der Waals surface area contributed by atoms with E-state index in [0.29, 0.717) is 6.42 Å². The number of imidazole rings is 1. The van der Waals surface area contributed by atoms with Crippen LogP contribution in [0.2, 0.25) is 0 Å². The average Bonchev–Trinajstić information content (AvgIpc) is 3.01. The second-order valence-corrected chi connectivity index (χ2v) is 4.30. The molecule has 0 fully saturated rings. The van der Waals surface area contributed by atoms with Crippen molar-refractivity contribution >= 4 is 12.4 Å². The predicted octanol–water partition coefficient (Wildman–Crippen LogP) is 2.74. The summed E-state index contributed by atoms with van der Waals surface area (Å²) in [4.78, 5) is 8.28. The minimum absolute atomic E-state index is 0. The van der Waals surface area contributed by atoms with Crippen molar-refractivity contribution < 1.29 is 4.39 Å². The molecule has 0 aliphatic carbocycles. The fourth-order valence-corrected chi connectivity index (χ4v) is 1.60. The molecule has 1 aromatic rings. The zero-order chi connectivity index (χ0) is 13.2. The molecule has 110 valence electrons. The van der Waals surface area contributed by atoms with E-state index in [1.165, 1.54) is 0 Å². The molecule has 0 saturated heterocycles. The van der Waals surface area contributed by atoms with Gasteiger partial charge in [-0.3, -0.25) is 4.39 Å². The molecule has 1 aliphatic heterocycles. The second kappa shape index (κ2) is 10.7. The van der Waals surface area contributed by atoms with Gasteiger partial charge < -0.3 is 14.4 Å². The number of halogens is 2. The van der Waals surface area contributed by atoms with Crippen molar-refractivity contribution in [1.82, 2.24) is 19.4 Å². The lowest BCUT2D eigenvalue weighted by atomic mass is 10.3. The number of nitrogens with zero attached hydrogens (tertiary/aromatic N) is 4. The van der Waals surface area contributed by atoms with E-state index >= 15 is 0 Å². The van der Waals surface area contributed by atoms with E-state index < -0.39 is 0 Å². The molecule has 6 heteroatoms. The van der Waals surface area contributed by atoms with Gasteiger partial charge in [0, 0.05) is 44.9 Å². The van der Waals surface area contributed by atoms with Crippen LogP contribution in [-0.2, 0) is 6.54 Å². The number of alkyl halides is 1. The first-order valence-electron chi connectivity index (χ1n) is 6.40. The number of aromatic nitrogens is 2. The first-order chi connectivity index (χ1) is 8.76. The largest absolute Gasteiger partial charge is 0.362 e. The normalized spacial score (nSPS) is 13.0. The van der Waals surface area contributed by atoms with Gasteiger partial charge in [0.05, 0.1) is 19.7 Å². The van der Waals surface area contributed by atoms with E-state index in [1.54, 1.807) is 12.5 Å². The SMILES string of the molecule is CCN1C=CN(C)C1.Cl.FCCCCn1ccnc1. The third-order valence-corrected chi connectivity index (χ3v) is 2.70. The molecular formula is C13H24ClFN4. The van der Waals surface area contributed by atoms with Gasteiger partial charge in [-0.2, -0.15) is 0 Å². The minimum Gasteiger partial charge on any atom is -0.362 e. The van der Waals surface area contributed by atoms with Gasteiger partial charge in [0.2, 0.25) is 0 Å². The molecule has 2 rings (SSSR count). The Bertz CT molecular complexity index is 329. The molecule has 4 nitrogen and oxygen atoms in total. The van der Waals surface area contributed by atoms with Crippen LogP contribution in [0.4, 0.5) is 4.39 Å². The van der Waals surface area contributed by atoms with Crippen molar-refractivity contribution in [2.75, 3.05) is 26.9 Å². The smallest absolute Gasteiger partial charge is 0.0945 e. The van der Waals surface area contributed by atoms with E-state index in [1.807, 2.05) is 10.8 Å².